The first-order chi connectivity index (χ1) is 5.77. The predicted molar refractivity (Wildman–Crippen MR) is 40.9 cm³/mol. The summed E-state index contributed by atoms with van der Waals surface area (Å²) in [4.78, 5) is 9.79. The van der Waals surface area contributed by atoms with Crippen LogP contribution in [0.15, 0.2) is 6.07 Å². The molecule has 64 valence electrons. The lowest BCUT2D eigenvalue weighted by molar-refractivity contribution is -0.389. The third-order valence-corrected chi connectivity index (χ3v) is 1.98. The maximum Gasteiger partial charge on any atom is 0.342 e. The van der Waals surface area contributed by atoms with E-state index < -0.39 is 4.92 Å². The van der Waals surface area contributed by atoms with Gasteiger partial charge in [0.1, 0.15) is 0 Å². The molecule has 0 radical (unpaired) electrons. The normalized spacial score (nSPS) is 17.3. The monoisotopic (exact) mass is 168 g/mol. The highest BCUT2D eigenvalue weighted by atomic mass is 16.6. The second-order valence-electron chi connectivity index (χ2n) is 2.79. The van der Waals surface area contributed by atoms with Gasteiger partial charge in [0.2, 0.25) is 0 Å². The van der Waals surface area contributed by atoms with Crippen LogP contribution in [-0.2, 0) is 0 Å². The van der Waals surface area contributed by atoms with Crippen molar-refractivity contribution in [2.45, 2.75) is 5.92 Å². The van der Waals surface area contributed by atoms with Crippen LogP contribution in [-0.4, -0.2) is 28.2 Å². The van der Waals surface area contributed by atoms with Gasteiger partial charge in [0.15, 0.2) is 0 Å². The molecule has 1 aliphatic heterocycles. The summed E-state index contributed by atoms with van der Waals surface area (Å²) in [6.07, 6.45) is 0. The largest absolute Gasteiger partial charge is 0.358 e. The standard InChI is InChI=1S/C6H8N4O2/c11-10(12)6-1-5(8-9-6)4-2-7-3-4/h1,4,7H,2-3H2,(H,8,9). The van der Waals surface area contributed by atoms with E-state index in [1.165, 1.54) is 6.07 Å². The fourth-order valence-electron chi connectivity index (χ4n) is 1.13. The Morgan fingerprint density at radius 1 is 1.67 bits per heavy atom. The number of nitrogens with one attached hydrogen (secondary N) is 2. The predicted octanol–water partition coefficient (Wildman–Crippen LogP) is 0.00470. The Hall–Kier alpha value is -1.43. The van der Waals surface area contributed by atoms with Gasteiger partial charge in [0, 0.05) is 19.0 Å². The van der Waals surface area contributed by atoms with Crippen LogP contribution < -0.4 is 5.32 Å². The zero-order valence-electron chi connectivity index (χ0n) is 6.28. The maximum atomic E-state index is 10.3. The van der Waals surface area contributed by atoms with Gasteiger partial charge in [-0.25, -0.2) is 0 Å². The van der Waals surface area contributed by atoms with Crippen molar-refractivity contribution in [3.63, 3.8) is 0 Å². The van der Waals surface area contributed by atoms with E-state index in [-0.39, 0.29) is 5.82 Å². The van der Waals surface area contributed by atoms with Crippen LogP contribution in [0.1, 0.15) is 11.6 Å². The minimum atomic E-state index is -0.470. The summed E-state index contributed by atoms with van der Waals surface area (Å²) in [5, 5.41) is 19.6. The van der Waals surface area contributed by atoms with Crippen LogP contribution in [0, 0.1) is 10.1 Å². The Labute approximate surface area is 68.1 Å². The molecule has 0 saturated carbocycles. The summed E-state index contributed by atoms with van der Waals surface area (Å²) in [7, 11) is 0. The summed E-state index contributed by atoms with van der Waals surface area (Å²) < 4.78 is 0. The average Bonchev–Trinajstić information content (AvgIpc) is 2.32. The van der Waals surface area contributed by atoms with Crippen LogP contribution in [0.25, 0.3) is 0 Å². The van der Waals surface area contributed by atoms with E-state index in [1.54, 1.807) is 0 Å². The number of hydrogen-bond donors (Lipinski definition) is 2. The topological polar surface area (TPSA) is 83.8 Å². The van der Waals surface area contributed by atoms with Crippen molar-refractivity contribution in [2.75, 3.05) is 13.1 Å². The minimum Gasteiger partial charge on any atom is -0.358 e. The SMILES string of the molecule is O=[N+]([O-])c1cc(C2CNC2)n[nH]1. The lowest BCUT2D eigenvalue weighted by Gasteiger charge is -2.24. The number of nitrogens with zero attached hydrogens (tertiary/aromatic N) is 2. The van der Waals surface area contributed by atoms with Crippen molar-refractivity contribution in [2.24, 2.45) is 0 Å². The number of H-pyrrole nitrogens is 1. The summed E-state index contributed by atoms with van der Waals surface area (Å²) in [5.74, 6) is 0.312. The van der Waals surface area contributed by atoms with Crippen LogP contribution in [0.2, 0.25) is 0 Å². The molecule has 2 rings (SSSR count). The fourth-order valence-corrected chi connectivity index (χ4v) is 1.13. The molecule has 2 heterocycles. The van der Waals surface area contributed by atoms with Crippen molar-refractivity contribution >= 4 is 5.82 Å². The average molecular weight is 168 g/mol. The summed E-state index contributed by atoms with van der Waals surface area (Å²) >= 11 is 0. The Kier molecular flexibility index (Phi) is 1.54. The van der Waals surface area contributed by atoms with Gasteiger partial charge in [-0.3, -0.25) is 0 Å². The molecule has 0 unspecified atom stereocenters. The number of aromatic nitrogens is 2. The molecule has 1 aromatic rings. The van der Waals surface area contributed by atoms with E-state index in [0.717, 1.165) is 18.8 Å². The van der Waals surface area contributed by atoms with E-state index in [2.05, 4.69) is 15.5 Å². The van der Waals surface area contributed by atoms with Crippen LogP contribution in [0.4, 0.5) is 5.82 Å². The van der Waals surface area contributed by atoms with Crippen molar-refractivity contribution in [3.8, 4) is 0 Å². The lowest BCUT2D eigenvalue weighted by atomic mass is 10.00. The molecule has 1 aliphatic rings. The van der Waals surface area contributed by atoms with E-state index in [0.29, 0.717) is 5.92 Å². The Bertz CT molecular complexity index is 304. The summed E-state index contributed by atoms with van der Waals surface area (Å²) in [5.41, 5.74) is 0.778. The first-order valence-corrected chi connectivity index (χ1v) is 3.68. The molecule has 1 fully saturated rings. The molecule has 0 aromatic carbocycles. The van der Waals surface area contributed by atoms with Gasteiger partial charge in [0.05, 0.1) is 11.8 Å². The molecule has 1 aromatic heterocycles. The van der Waals surface area contributed by atoms with Gasteiger partial charge in [-0.05, 0) is 4.92 Å². The molecule has 0 bridgehead atoms. The zero-order valence-corrected chi connectivity index (χ0v) is 6.28. The molecule has 0 aliphatic carbocycles. The summed E-state index contributed by atoms with van der Waals surface area (Å²) in [6.45, 7) is 1.73. The molecule has 0 spiro atoms. The van der Waals surface area contributed by atoms with Crippen LogP contribution >= 0.6 is 0 Å². The number of rotatable bonds is 2. The number of nitro groups is 1. The quantitative estimate of drug-likeness (QED) is 0.481. The zero-order chi connectivity index (χ0) is 8.55. The molecule has 6 nitrogen and oxygen atoms in total. The molecule has 6 heteroatoms. The Balaban J connectivity index is 2.17. The molecular weight excluding hydrogens is 160 g/mol. The van der Waals surface area contributed by atoms with Crippen LogP contribution in [0.5, 0.6) is 0 Å². The maximum absolute atomic E-state index is 10.3. The van der Waals surface area contributed by atoms with Crippen molar-refractivity contribution in [3.05, 3.63) is 21.9 Å². The highest BCUT2D eigenvalue weighted by Gasteiger charge is 2.24. The van der Waals surface area contributed by atoms with E-state index in [1.807, 2.05) is 0 Å². The van der Waals surface area contributed by atoms with E-state index in [9.17, 15) is 10.1 Å². The lowest BCUT2D eigenvalue weighted by Crippen LogP contribution is -2.40. The third kappa shape index (κ3) is 1.06. The van der Waals surface area contributed by atoms with Crippen LogP contribution in [0.3, 0.4) is 0 Å². The molecular formula is C6H8N4O2. The van der Waals surface area contributed by atoms with Crippen molar-refractivity contribution in [1.29, 1.82) is 0 Å². The van der Waals surface area contributed by atoms with Gasteiger partial charge in [-0.1, -0.05) is 5.10 Å². The van der Waals surface area contributed by atoms with Gasteiger partial charge in [0.25, 0.3) is 0 Å². The minimum absolute atomic E-state index is 0.0306. The summed E-state index contributed by atoms with van der Waals surface area (Å²) in [6, 6.07) is 1.49. The van der Waals surface area contributed by atoms with Crippen molar-refractivity contribution < 1.29 is 4.92 Å². The molecule has 1 saturated heterocycles. The second-order valence-corrected chi connectivity index (χ2v) is 2.79. The van der Waals surface area contributed by atoms with E-state index >= 15 is 0 Å². The van der Waals surface area contributed by atoms with Gasteiger partial charge >= 0.3 is 5.82 Å². The molecule has 0 atom stereocenters. The third-order valence-electron chi connectivity index (χ3n) is 1.98. The fraction of sp³-hybridized carbons (Fsp3) is 0.500. The number of hydrogen-bond acceptors (Lipinski definition) is 4. The van der Waals surface area contributed by atoms with E-state index in [4.69, 9.17) is 0 Å². The number of aromatic amines is 1. The molecule has 0 amide bonds. The highest BCUT2D eigenvalue weighted by molar-refractivity contribution is 5.24. The Morgan fingerprint density at radius 2 is 2.42 bits per heavy atom. The van der Waals surface area contributed by atoms with Gasteiger partial charge < -0.3 is 15.4 Å². The molecule has 2 N–H and O–H groups in total. The Morgan fingerprint density at radius 3 is 2.83 bits per heavy atom. The van der Waals surface area contributed by atoms with Gasteiger partial charge in [-0.2, -0.15) is 0 Å². The van der Waals surface area contributed by atoms with Crippen molar-refractivity contribution in [1.82, 2.24) is 15.5 Å². The van der Waals surface area contributed by atoms with Gasteiger partial charge in [-0.15, -0.1) is 5.10 Å². The smallest absolute Gasteiger partial charge is 0.342 e. The molecule has 12 heavy (non-hydrogen) atoms. The first-order valence-electron chi connectivity index (χ1n) is 3.68. The first kappa shape index (κ1) is 7.23. The highest BCUT2D eigenvalue weighted by Crippen LogP contribution is 2.20. The second kappa shape index (κ2) is 2.56.